The molecule has 0 spiro atoms. The molecule has 2 aromatic heterocycles. The number of aromatic carboxylic acids is 2. The Labute approximate surface area is 272 Å². The van der Waals surface area contributed by atoms with Crippen molar-refractivity contribution in [3.05, 3.63) is 59.2 Å². The zero-order valence-electron chi connectivity index (χ0n) is 25.3. The van der Waals surface area contributed by atoms with E-state index in [-0.39, 0.29) is 17.5 Å². The van der Waals surface area contributed by atoms with Gasteiger partial charge in [-0.05, 0) is 36.5 Å². The predicted molar refractivity (Wildman–Crippen MR) is 172 cm³/mol. The van der Waals surface area contributed by atoms with Crippen molar-refractivity contribution in [2.75, 3.05) is 90.5 Å². The van der Waals surface area contributed by atoms with Crippen molar-refractivity contribution >= 4 is 41.1 Å². The maximum atomic E-state index is 11.4. The fourth-order valence-corrected chi connectivity index (χ4v) is 5.29. The monoisotopic (exact) mass is 663 g/mol. The van der Waals surface area contributed by atoms with Gasteiger partial charge in [0.1, 0.15) is 11.4 Å². The van der Waals surface area contributed by atoms with Crippen molar-refractivity contribution in [1.29, 1.82) is 0 Å². The van der Waals surface area contributed by atoms with Gasteiger partial charge in [0.25, 0.3) is 0 Å². The highest BCUT2D eigenvalue weighted by Gasteiger charge is 2.16. The van der Waals surface area contributed by atoms with Crippen molar-refractivity contribution in [2.45, 2.75) is 19.2 Å². The van der Waals surface area contributed by atoms with E-state index in [2.05, 4.69) is 42.1 Å². The Morgan fingerprint density at radius 1 is 0.844 bits per heavy atom. The Balaban J connectivity index is 1.62. The summed E-state index contributed by atoms with van der Waals surface area (Å²) in [6.07, 6.45) is -0.164. The van der Waals surface area contributed by atoms with E-state index in [4.69, 9.17) is 18.9 Å². The molecule has 2 aromatic rings. The predicted octanol–water partition coefficient (Wildman–Crippen LogP) is 2.46. The molecule has 1 aliphatic heterocycles. The minimum absolute atomic E-state index is 0.00867. The van der Waals surface area contributed by atoms with E-state index in [1.165, 1.54) is 12.1 Å². The number of isothiocyanates is 1. The summed E-state index contributed by atoms with van der Waals surface area (Å²) in [5, 5.41) is 21.0. The van der Waals surface area contributed by atoms with E-state index < -0.39 is 11.9 Å². The molecule has 0 amide bonds. The highest BCUT2D eigenvalue weighted by atomic mass is 32.2. The van der Waals surface area contributed by atoms with Gasteiger partial charge in [-0.25, -0.2) is 24.5 Å². The number of thiocarbonyl (C=S) groups is 1. The average Bonchev–Trinajstić information content (AvgIpc) is 3.03. The quantitative estimate of drug-likeness (QED) is 0.205. The summed E-state index contributed by atoms with van der Waals surface area (Å²) < 4.78 is 24.0. The first-order chi connectivity index (χ1) is 21.9. The molecule has 1 fully saturated rings. The summed E-state index contributed by atoms with van der Waals surface area (Å²) >= 11 is 6.35. The minimum atomic E-state index is -1.06. The largest absolute Gasteiger partial charge is 0.477 e. The van der Waals surface area contributed by atoms with Crippen LogP contribution in [0.2, 0.25) is 0 Å². The number of aliphatic imine (C=N–C) groups is 1. The zero-order valence-corrected chi connectivity index (χ0v) is 26.9. The van der Waals surface area contributed by atoms with Gasteiger partial charge in [-0.1, -0.05) is 12.1 Å². The Bertz CT molecular complexity index is 1240. The van der Waals surface area contributed by atoms with Gasteiger partial charge in [0.15, 0.2) is 0 Å². The number of aromatic nitrogens is 2. The third kappa shape index (κ3) is 15.3. The Morgan fingerprint density at radius 3 is 1.91 bits per heavy atom. The number of thioether (sulfide) groups is 1. The van der Waals surface area contributed by atoms with Crippen LogP contribution in [-0.2, 0) is 32.0 Å². The molecule has 0 bridgehead atoms. The van der Waals surface area contributed by atoms with Crippen LogP contribution in [0.25, 0.3) is 0 Å². The summed E-state index contributed by atoms with van der Waals surface area (Å²) in [6.45, 7) is 6.95. The van der Waals surface area contributed by atoms with Crippen molar-refractivity contribution in [3.8, 4) is 0 Å². The molecule has 0 saturated carbocycles. The van der Waals surface area contributed by atoms with Crippen LogP contribution in [0.15, 0.2) is 41.4 Å². The first kappa shape index (κ1) is 36.6. The molecule has 246 valence electrons. The number of hydrogen-bond donors (Lipinski definition) is 2. The molecule has 1 atom stereocenters. The fourth-order valence-electron chi connectivity index (χ4n) is 4.35. The number of rotatable bonds is 11. The lowest BCUT2D eigenvalue weighted by Crippen LogP contribution is -2.35. The van der Waals surface area contributed by atoms with Gasteiger partial charge in [-0.3, -0.25) is 9.80 Å². The number of carboxylic acid groups (broad SMARTS) is 2. The summed E-state index contributed by atoms with van der Waals surface area (Å²) in [5.41, 5.74) is 1.33. The third-order valence-electron chi connectivity index (χ3n) is 6.63. The number of nitrogens with zero attached hydrogens (tertiary/aromatic N) is 5. The van der Waals surface area contributed by atoms with E-state index in [0.29, 0.717) is 109 Å². The molecule has 0 unspecified atom stereocenters. The molecule has 0 aliphatic carbocycles. The molecule has 13 nitrogen and oxygen atoms in total. The number of carbonyl (C=O) groups is 2. The molecule has 3 heterocycles. The van der Waals surface area contributed by atoms with Crippen LogP contribution in [0.1, 0.15) is 32.4 Å². The molecule has 3 rings (SSSR count). The molecule has 2 N–H and O–H groups in total. The van der Waals surface area contributed by atoms with Gasteiger partial charge in [-0.15, -0.1) is 0 Å². The van der Waals surface area contributed by atoms with Crippen LogP contribution < -0.4 is 0 Å². The standard InChI is InChI=1S/C30H41N5O8S2/c36-29(37)27-5-1-3-24(32-27)19-34-8-12-40-16-17-41-13-9-35(20-25-4-2-6-28(33-25)30(38)39)11-15-43-26(21-42-14-10-34)22-45-18-7-31-23-44/h1-6,26H,7-22H2,(H,36,37)(H,38,39)/t26-/m0/s1. The van der Waals surface area contributed by atoms with Crippen LogP contribution >= 0.6 is 24.0 Å². The second-order valence-corrected chi connectivity index (χ2v) is 11.4. The summed E-state index contributed by atoms with van der Waals surface area (Å²) in [7, 11) is 0. The lowest BCUT2D eigenvalue weighted by Gasteiger charge is -2.25. The van der Waals surface area contributed by atoms with E-state index in [1.807, 2.05) is 12.1 Å². The zero-order chi connectivity index (χ0) is 32.1. The molecule has 1 aliphatic rings. The minimum Gasteiger partial charge on any atom is -0.477 e. The normalized spacial score (nSPS) is 18.7. The van der Waals surface area contributed by atoms with Gasteiger partial charge >= 0.3 is 11.9 Å². The third-order valence-corrected chi connectivity index (χ3v) is 7.84. The van der Waals surface area contributed by atoms with Crippen molar-refractivity contribution in [1.82, 2.24) is 19.8 Å². The van der Waals surface area contributed by atoms with Gasteiger partial charge < -0.3 is 29.2 Å². The topological polar surface area (TPSA) is 156 Å². The lowest BCUT2D eigenvalue weighted by atomic mass is 10.3. The first-order valence-corrected chi connectivity index (χ1v) is 16.3. The van der Waals surface area contributed by atoms with Crippen LogP contribution in [-0.4, -0.2) is 144 Å². The van der Waals surface area contributed by atoms with Crippen LogP contribution in [0, 0.1) is 0 Å². The van der Waals surface area contributed by atoms with Crippen LogP contribution in [0.4, 0.5) is 0 Å². The van der Waals surface area contributed by atoms with Gasteiger partial charge in [0.05, 0.1) is 75.4 Å². The molecular formula is C30H41N5O8S2. The highest BCUT2D eigenvalue weighted by molar-refractivity contribution is 7.99. The summed E-state index contributed by atoms with van der Waals surface area (Å²) in [5.74, 6) is -0.628. The number of pyridine rings is 2. The molecular weight excluding hydrogens is 622 g/mol. The molecule has 0 radical (unpaired) electrons. The fraction of sp³-hybridized carbons (Fsp3) is 0.567. The summed E-state index contributed by atoms with van der Waals surface area (Å²) in [6, 6.07) is 9.97. The van der Waals surface area contributed by atoms with Gasteiger partial charge in [-0.2, -0.15) is 11.8 Å². The Hall–Kier alpha value is -2.85. The SMILES string of the molecule is O=C(O)c1cccc(CN2CCOCCOCCN(Cc3cccc(C(=O)O)n3)CCO[C@H](CSCCN=C=S)COCC2)n1. The smallest absolute Gasteiger partial charge is 0.354 e. The van der Waals surface area contributed by atoms with E-state index in [1.54, 1.807) is 23.9 Å². The average molecular weight is 664 g/mol. The molecule has 45 heavy (non-hydrogen) atoms. The second-order valence-electron chi connectivity index (χ2n) is 10.0. The Kier molecular flexibility index (Phi) is 17.7. The molecule has 15 heteroatoms. The maximum Gasteiger partial charge on any atom is 0.354 e. The van der Waals surface area contributed by atoms with Gasteiger partial charge in [0, 0.05) is 50.8 Å². The van der Waals surface area contributed by atoms with Crippen LogP contribution in [0.5, 0.6) is 0 Å². The molecule has 1 saturated heterocycles. The number of ether oxygens (including phenoxy) is 4. The number of carboxylic acids is 2. The van der Waals surface area contributed by atoms with Crippen molar-refractivity contribution < 1.29 is 38.7 Å². The lowest BCUT2D eigenvalue weighted by molar-refractivity contribution is -0.0238. The number of hydrogen-bond acceptors (Lipinski definition) is 13. The van der Waals surface area contributed by atoms with E-state index >= 15 is 0 Å². The molecule has 0 aromatic carbocycles. The van der Waals surface area contributed by atoms with E-state index in [0.717, 1.165) is 5.75 Å². The van der Waals surface area contributed by atoms with Crippen molar-refractivity contribution in [3.63, 3.8) is 0 Å². The maximum absolute atomic E-state index is 11.4. The van der Waals surface area contributed by atoms with E-state index in [9.17, 15) is 19.8 Å². The Morgan fingerprint density at radius 2 is 1.38 bits per heavy atom. The van der Waals surface area contributed by atoms with Crippen LogP contribution in [0.3, 0.4) is 0 Å². The first-order valence-electron chi connectivity index (χ1n) is 14.7. The van der Waals surface area contributed by atoms with Crippen molar-refractivity contribution in [2.24, 2.45) is 4.99 Å². The second kappa shape index (κ2) is 21.8. The van der Waals surface area contributed by atoms with Gasteiger partial charge in [0.2, 0.25) is 0 Å². The summed E-state index contributed by atoms with van der Waals surface area (Å²) in [4.78, 5) is 39.5. The highest BCUT2D eigenvalue weighted by Crippen LogP contribution is 2.10.